The Hall–Kier alpha value is -3.33. The van der Waals surface area contributed by atoms with E-state index in [1.54, 1.807) is 0 Å². The minimum absolute atomic E-state index is 0.178. The lowest BCUT2D eigenvalue weighted by Gasteiger charge is -2.03. The summed E-state index contributed by atoms with van der Waals surface area (Å²) in [6.07, 6.45) is 2.41. The lowest BCUT2D eigenvalue weighted by atomic mass is 10.0. The first kappa shape index (κ1) is 17.5. The van der Waals surface area contributed by atoms with E-state index in [1.165, 1.54) is 0 Å². The molecule has 0 radical (unpaired) electrons. The number of oxazole rings is 1. The number of carboxylic acids is 1. The zero-order valence-electron chi connectivity index (χ0n) is 14.2. The number of nitrogens with zero attached hydrogens (tertiary/aromatic N) is 2. The van der Waals surface area contributed by atoms with Gasteiger partial charge in [0.15, 0.2) is 0 Å². The maximum atomic E-state index is 10.5. The number of unbranched alkanes of at least 4 members (excludes halogenated alkanes) is 2. The second-order valence-corrected chi connectivity index (χ2v) is 5.97. The molecule has 1 aromatic heterocycles. The first-order valence-corrected chi connectivity index (χ1v) is 8.54. The van der Waals surface area contributed by atoms with E-state index in [2.05, 4.69) is 16.4 Å². The molecular weight excluding hydrogens is 330 g/mol. The van der Waals surface area contributed by atoms with Gasteiger partial charge in [0.2, 0.25) is 17.5 Å². The van der Waals surface area contributed by atoms with Crippen molar-refractivity contribution in [2.24, 2.45) is 0 Å². The Kier molecular flexibility index (Phi) is 5.49. The van der Waals surface area contributed by atoms with Crippen LogP contribution in [-0.4, -0.2) is 22.6 Å². The average molecular weight is 349 g/mol. The quantitative estimate of drug-likeness (QED) is 0.584. The molecule has 26 heavy (non-hydrogen) atoms. The smallest absolute Gasteiger partial charge is 0.303 e. The third-order valence-corrected chi connectivity index (χ3v) is 4.11. The van der Waals surface area contributed by atoms with Gasteiger partial charge >= 0.3 is 5.97 Å². The van der Waals surface area contributed by atoms with Gasteiger partial charge in [0, 0.05) is 18.5 Å². The molecule has 1 heterocycles. The Morgan fingerprint density at radius 1 is 1.15 bits per heavy atom. The number of carbonyl (C=O) groups is 1. The molecule has 6 nitrogen and oxygen atoms in total. The van der Waals surface area contributed by atoms with Crippen LogP contribution in [0.25, 0.3) is 22.2 Å². The summed E-state index contributed by atoms with van der Waals surface area (Å²) in [5, 5.41) is 23.1. The minimum Gasteiger partial charge on any atom is -0.481 e. The molecule has 132 valence electrons. The average Bonchev–Trinajstić information content (AvgIpc) is 3.07. The molecule has 6 heteroatoms. The van der Waals surface area contributed by atoms with Gasteiger partial charge in [-0.2, -0.15) is 10.2 Å². The Bertz CT molecular complexity index is 951. The van der Waals surface area contributed by atoms with Gasteiger partial charge in [0.1, 0.15) is 6.07 Å². The van der Waals surface area contributed by atoms with Crippen LogP contribution in [0.1, 0.15) is 31.4 Å². The summed E-state index contributed by atoms with van der Waals surface area (Å²) in [4.78, 5) is 14.8. The Morgan fingerprint density at radius 3 is 2.77 bits per heavy atom. The monoisotopic (exact) mass is 349 g/mol. The van der Waals surface area contributed by atoms with Crippen LogP contribution in [0.4, 0.5) is 5.88 Å². The van der Waals surface area contributed by atoms with E-state index in [-0.39, 0.29) is 12.1 Å². The van der Waals surface area contributed by atoms with Gasteiger partial charge in [-0.25, -0.2) is 0 Å². The van der Waals surface area contributed by atoms with Gasteiger partial charge < -0.3 is 14.8 Å². The molecule has 3 rings (SSSR count). The summed E-state index contributed by atoms with van der Waals surface area (Å²) in [7, 11) is 0. The van der Waals surface area contributed by atoms with Crippen LogP contribution < -0.4 is 5.32 Å². The zero-order chi connectivity index (χ0) is 18.4. The van der Waals surface area contributed by atoms with E-state index in [0.717, 1.165) is 29.2 Å². The number of rotatable bonds is 8. The number of benzene rings is 2. The van der Waals surface area contributed by atoms with Crippen molar-refractivity contribution in [3.63, 3.8) is 0 Å². The van der Waals surface area contributed by atoms with Crippen molar-refractivity contribution < 1.29 is 14.3 Å². The van der Waals surface area contributed by atoms with Crippen LogP contribution in [0, 0.1) is 11.3 Å². The van der Waals surface area contributed by atoms with Crippen molar-refractivity contribution in [2.45, 2.75) is 25.7 Å². The highest BCUT2D eigenvalue weighted by molar-refractivity contribution is 5.94. The number of hydrogen-bond donors (Lipinski definition) is 2. The number of nitriles is 1. The van der Waals surface area contributed by atoms with E-state index in [9.17, 15) is 10.1 Å². The van der Waals surface area contributed by atoms with Crippen molar-refractivity contribution in [2.75, 3.05) is 11.9 Å². The van der Waals surface area contributed by atoms with Crippen LogP contribution in [-0.2, 0) is 4.79 Å². The minimum atomic E-state index is -0.778. The molecule has 0 aliphatic carbocycles. The standard InChI is InChI=1S/C20H19N3O3/c21-13-17-20(22-12-5-1-2-11-18(24)25)26-19(23-17)16-10-6-8-14-7-3-4-9-15(14)16/h3-4,6-10,22H,1-2,5,11-12H2,(H,24,25). The van der Waals surface area contributed by atoms with E-state index >= 15 is 0 Å². The summed E-state index contributed by atoms with van der Waals surface area (Å²) in [5.74, 6) is -0.0138. The number of anilines is 1. The van der Waals surface area contributed by atoms with Gasteiger partial charge in [-0.05, 0) is 29.7 Å². The molecule has 0 atom stereocenters. The molecule has 0 saturated heterocycles. The number of aliphatic carboxylic acids is 1. The van der Waals surface area contributed by atoms with Gasteiger partial charge in [0.05, 0.1) is 0 Å². The lowest BCUT2D eigenvalue weighted by molar-refractivity contribution is -0.137. The topological polar surface area (TPSA) is 99.2 Å². The van der Waals surface area contributed by atoms with E-state index in [0.29, 0.717) is 24.7 Å². The largest absolute Gasteiger partial charge is 0.481 e. The predicted octanol–water partition coefficient (Wildman–Crippen LogP) is 4.42. The Labute approximate surface area is 151 Å². The van der Waals surface area contributed by atoms with Crippen LogP contribution in [0.5, 0.6) is 0 Å². The van der Waals surface area contributed by atoms with Crippen molar-refractivity contribution in [3.05, 3.63) is 48.2 Å². The molecular formula is C20H19N3O3. The van der Waals surface area contributed by atoms with Gasteiger partial charge in [-0.15, -0.1) is 0 Å². The molecule has 0 aliphatic heterocycles. The van der Waals surface area contributed by atoms with Gasteiger partial charge in [0.25, 0.3) is 0 Å². The maximum Gasteiger partial charge on any atom is 0.303 e. The third kappa shape index (κ3) is 4.01. The van der Waals surface area contributed by atoms with E-state index < -0.39 is 5.97 Å². The predicted molar refractivity (Wildman–Crippen MR) is 98.8 cm³/mol. The number of fused-ring (bicyclic) bond motifs is 1. The van der Waals surface area contributed by atoms with Crippen molar-refractivity contribution >= 4 is 22.6 Å². The highest BCUT2D eigenvalue weighted by atomic mass is 16.4. The number of aromatic nitrogens is 1. The van der Waals surface area contributed by atoms with Gasteiger partial charge in [-0.1, -0.05) is 42.8 Å². The summed E-state index contributed by atoms with van der Waals surface area (Å²) >= 11 is 0. The summed E-state index contributed by atoms with van der Waals surface area (Å²) < 4.78 is 5.81. The molecule has 0 amide bonds. The summed E-state index contributed by atoms with van der Waals surface area (Å²) in [5.41, 5.74) is 1.06. The molecule has 0 fully saturated rings. The molecule has 0 spiro atoms. The first-order valence-electron chi connectivity index (χ1n) is 8.54. The Balaban J connectivity index is 1.73. The van der Waals surface area contributed by atoms with Crippen molar-refractivity contribution in [1.29, 1.82) is 5.26 Å². The van der Waals surface area contributed by atoms with Crippen molar-refractivity contribution in [1.82, 2.24) is 4.98 Å². The van der Waals surface area contributed by atoms with E-state index in [1.807, 2.05) is 42.5 Å². The van der Waals surface area contributed by atoms with Crippen LogP contribution in [0.2, 0.25) is 0 Å². The van der Waals surface area contributed by atoms with Gasteiger partial charge in [-0.3, -0.25) is 4.79 Å². The molecule has 0 bridgehead atoms. The normalized spacial score (nSPS) is 10.6. The molecule has 3 aromatic rings. The number of hydrogen-bond acceptors (Lipinski definition) is 5. The second-order valence-electron chi connectivity index (χ2n) is 5.97. The number of nitrogens with one attached hydrogen (secondary N) is 1. The highest BCUT2D eigenvalue weighted by Crippen LogP contribution is 2.31. The summed E-state index contributed by atoms with van der Waals surface area (Å²) in [6, 6.07) is 15.9. The molecule has 2 N–H and O–H groups in total. The molecule has 0 unspecified atom stereocenters. The van der Waals surface area contributed by atoms with E-state index in [4.69, 9.17) is 9.52 Å². The fourth-order valence-corrected chi connectivity index (χ4v) is 2.82. The zero-order valence-corrected chi connectivity index (χ0v) is 14.2. The fourth-order valence-electron chi connectivity index (χ4n) is 2.82. The Morgan fingerprint density at radius 2 is 1.96 bits per heavy atom. The fraction of sp³-hybridized carbons (Fsp3) is 0.250. The lowest BCUT2D eigenvalue weighted by Crippen LogP contribution is -2.02. The van der Waals surface area contributed by atoms with Crippen molar-refractivity contribution in [3.8, 4) is 17.5 Å². The van der Waals surface area contributed by atoms with Crippen LogP contribution >= 0.6 is 0 Å². The highest BCUT2D eigenvalue weighted by Gasteiger charge is 2.15. The molecule has 2 aromatic carbocycles. The van der Waals surface area contributed by atoms with Crippen LogP contribution in [0.3, 0.4) is 0 Å². The third-order valence-electron chi connectivity index (χ3n) is 4.11. The molecule has 0 saturated carbocycles. The number of carboxylic acid groups (broad SMARTS) is 1. The second kappa shape index (κ2) is 8.17. The first-order chi connectivity index (χ1) is 12.7. The summed E-state index contributed by atoms with van der Waals surface area (Å²) in [6.45, 7) is 0.596. The SMILES string of the molecule is N#Cc1nc(-c2cccc3ccccc23)oc1NCCCCCC(=O)O. The van der Waals surface area contributed by atoms with Crippen LogP contribution in [0.15, 0.2) is 46.9 Å². The molecule has 0 aliphatic rings. The maximum absolute atomic E-state index is 10.5.